The molecule has 0 bridgehead atoms. The third-order valence-electron chi connectivity index (χ3n) is 3.92. The fraction of sp³-hybridized carbons (Fsp3) is 0.375. The van der Waals surface area contributed by atoms with Crippen molar-refractivity contribution in [3.8, 4) is 0 Å². The molecule has 2 atom stereocenters. The standard InChI is InChI=1S/C16H19N3O4/c20-10-11-5-6-12(9-11)18-15(21)17-7-8-19-13-3-1-2-4-14(13)23-16(19)22/h1-6,11-12,20H,7-10H2,(H2,17,18,21)/t11-,12+/m0/s1. The Hall–Kier alpha value is -2.54. The molecule has 0 saturated heterocycles. The summed E-state index contributed by atoms with van der Waals surface area (Å²) in [5, 5.41) is 14.6. The molecular formula is C16H19N3O4. The van der Waals surface area contributed by atoms with E-state index in [4.69, 9.17) is 9.52 Å². The first-order valence-corrected chi connectivity index (χ1v) is 7.59. The van der Waals surface area contributed by atoms with Crippen LogP contribution in [-0.4, -0.2) is 34.9 Å². The molecule has 2 amide bonds. The highest BCUT2D eigenvalue weighted by atomic mass is 16.4. The van der Waals surface area contributed by atoms with Crippen molar-refractivity contribution >= 4 is 17.1 Å². The number of rotatable bonds is 5. The van der Waals surface area contributed by atoms with Crippen molar-refractivity contribution < 1.29 is 14.3 Å². The van der Waals surface area contributed by atoms with Crippen LogP contribution in [-0.2, 0) is 6.54 Å². The van der Waals surface area contributed by atoms with Gasteiger partial charge in [-0.2, -0.15) is 0 Å². The lowest BCUT2D eigenvalue weighted by Gasteiger charge is -2.13. The van der Waals surface area contributed by atoms with Gasteiger partial charge in [-0.25, -0.2) is 9.59 Å². The lowest BCUT2D eigenvalue weighted by atomic mass is 10.1. The number of aromatic nitrogens is 1. The second-order valence-corrected chi connectivity index (χ2v) is 5.56. The maximum atomic E-state index is 11.8. The van der Waals surface area contributed by atoms with E-state index in [1.54, 1.807) is 18.2 Å². The van der Waals surface area contributed by atoms with Crippen LogP contribution in [0.4, 0.5) is 4.79 Å². The lowest BCUT2D eigenvalue weighted by Crippen LogP contribution is -2.42. The monoisotopic (exact) mass is 317 g/mol. The Bertz CT molecular complexity index is 777. The highest BCUT2D eigenvalue weighted by molar-refractivity contribution is 5.74. The van der Waals surface area contributed by atoms with E-state index in [1.807, 2.05) is 18.2 Å². The van der Waals surface area contributed by atoms with Crippen LogP contribution in [0, 0.1) is 5.92 Å². The van der Waals surface area contributed by atoms with Crippen LogP contribution >= 0.6 is 0 Å². The lowest BCUT2D eigenvalue weighted by molar-refractivity contribution is 0.231. The number of urea groups is 1. The molecule has 0 aliphatic heterocycles. The summed E-state index contributed by atoms with van der Waals surface area (Å²) >= 11 is 0. The largest absolute Gasteiger partial charge is 0.420 e. The number of hydrogen-bond acceptors (Lipinski definition) is 4. The smallest absolute Gasteiger partial charge is 0.408 e. The molecule has 3 N–H and O–H groups in total. The Kier molecular flexibility index (Phi) is 4.47. The average Bonchev–Trinajstić information content (AvgIpc) is 3.12. The highest BCUT2D eigenvalue weighted by Crippen LogP contribution is 2.16. The van der Waals surface area contributed by atoms with E-state index in [9.17, 15) is 9.59 Å². The third-order valence-corrected chi connectivity index (χ3v) is 3.92. The van der Waals surface area contributed by atoms with Gasteiger partial charge in [0, 0.05) is 31.7 Å². The van der Waals surface area contributed by atoms with E-state index in [0.29, 0.717) is 30.6 Å². The van der Waals surface area contributed by atoms with Crippen LogP contribution in [0.2, 0.25) is 0 Å². The molecular weight excluding hydrogens is 298 g/mol. The van der Waals surface area contributed by atoms with Crippen LogP contribution in [0.5, 0.6) is 0 Å². The van der Waals surface area contributed by atoms with E-state index in [1.165, 1.54) is 4.57 Å². The van der Waals surface area contributed by atoms with Crippen LogP contribution in [0.15, 0.2) is 45.6 Å². The number of carbonyl (C=O) groups is 1. The molecule has 23 heavy (non-hydrogen) atoms. The second kappa shape index (κ2) is 6.70. The summed E-state index contributed by atoms with van der Waals surface area (Å²) in [6.45, 7) is 0.741. The van der Waals surface area contributed by atoms with Crippen LogP contribution in [0.1, 0.15) is 6.42 Å². The summed E-state index contributed by atoms with van der Waals surface area (Å²) in [6, 6.07) is 6.81. The molecule has 1 aromatic carbocycles. The van der Waals surface area contributed by atoms with Crippen molar-refractivity contribution in [2.45, 2.75) is 19.0 Å². The minimum Gasteiger partial charge on any atom is -0.408 e. The summed E-state index contributed by atoms with van der Waals surface area (Å²) in [7, 11) is 0. The van der Waals surface area contributed by atoms with E-state index < -0.39 is 5.76 Å². The molecule has 1 aromatic heterocycles. The zero-order valence-corrected chi connectivity index (χ0v) is 12.6. The number of hydrogen-bond donors (Lipinski definition) is 3. The van der Waals surface area contributed by atoms with Gasteiger partial charge in [-0.05, 0) is 18.6 Å². The number of aliphatic hydroxyl groups is 1. The van der Waals surface area contributed by atoms with Gasteiger partial charge >= 0.3 is 11.8 Å². The number of amides is 2. The summed E-state index contributed by atoms with van der Waals surface area (Å²) in [5.41, 5.74) is 1.25. The van der Waals surface area contributed by atoms with E-state index in [0.717, 1.165) is 0 Å². The molecule has 3 rings (SSSR count). The molecule has 2 aromatic rings. The average molecular weight is 317 g/mol. The first kappa shape index (κ1) is 15.4. The molecule has 1 heterocycles. The van der Waals surface area contributed by atoms with Crippen LogP contribution < -0.4 is 16.4 Å². The molecule has 0 radical (unpaired) electrons. The van der Waals surface area contributed by atoms with E-state index >= 15 is 0 Å². The highest BCUT2D eigenvalue weighted by Gasteiger charge is 2.19. The van der Waals surface area contributed by atoms with Crippen molar-refractivity contribution in [2.75, 3.05) is 13.2 Å². The minimum absolute atomic E-state index is 0.0652. The van der Waals surface area contributed by atoms with Crippen molar-refractivity contribution in [2.24, 2.45) is 5.92 Å². The Morgan fingerprint density at radius 2 is 2.17 bits per heavy atom. The molecule has 0 spiro atoms. The SMILES string of the molecule is O=C(NCCn1c(=O)oc2ccccc21)N[C@@H]1C=C[C@H](CO)C1. The Balaban J connectivity index is 1.51. The van der Waals surface area contributed by atoms with Crippen molar-refractivity contribution in [3.05, 3.63) is 47.0 Å². The van der Waals surface area contributed by atoms with Gasteiger partial charge in [-0.3, -0.25) is 4.57 Å². The van der Waals surface area contributed by atoms with Gasteiger partial charge in [-0.1, -0.05) is 24.3 Å². The quantitative estimate of drug-likeness (QED) is 0.712. The van der Waals surface area contributed by atoms with Gasteiger partial charge in [0.15, 0.2) is 5.58 Å². The molecule has 1 aliphatic carbocycles. The number of aliphatic hydroxyl groups excluding tert-OH is 1. The molecule has 0 saturated carbocycles. The van der Waals surface area contributed by atoms with Crippen molar-refractivity contribution in [3.63, 3.8) is 0 Å². The Labute approximate surface area is 132 Å². The minimum atomic E-state index is -0.432. The number of oxazole rings is 1. The molecule has 0 unspecified atom stereocenters. The summed E-state index contributed by atoms with van der Waals surface area (Å²) in [5.74, 6) is -0.325. The predicted octanol–water partition coefficient (Wildman–Crippen LogP) is 0.831. The van der Waals surface area contributed by atoms with E-state index in [-0.39, 0.29) is 24.6 Å². The zero-order valence-electron chi connectivity index (χ0n) is 12.6. The summed E-state index contributed by atoms with van der Waals surface area (Å²) in [4.78, 5) is 23.6. The Morgan fingerprint density at radius 1 is 1.35 bits per heavy atom. The fourth-order valence-electron chi connectivity index (χ4n) is 2.74. The number of carbonyl (C=O) groups excluding carboxylic acids is 1. The summed E-state index contributed by atoms with van der Waals surface area (Å²) in [6.07, 6.45) is 4.49. The van der Waals surface area contributed by atoms with E-state index in [2.05, 4.69) is 10.6 Å². The first-order chi connectivity index (χ1) is 11.2. The Morgan fingerprint density at radius 3 is 2.96 bits per heavy atom. The zero-order chi connectivity index (χ0) is 16.2. The molecule has 7 heteroatoms. The first-order valence-electron chi connectivity index (χ1n) is 7.59. The van der Waals surface area contributed by atoms with Gasteiger partial charge < -0.3 is 20.2 Å². The van der Waals surface area contributed by atoms with Gasteiger partial charge in [0.1, 0.15) is 0 Å². The van der Waals surface area contributed by atoms with Gasteiger partial charge in [0.2, 0.25) is 0 Å². The molecule has 0 fully saturated rings. The van der Waals surface area contributed by atoms with Crippen molar-refractivity contribution in [1.29, 1.82) is 0 Å². The topological polar surface area (TPSA) is 96.5 Å². The number of para-hydroxylation sites is 2. The van der Waals surface area contributed by atoms with Crippen LogP contribution in [0.3, 0.4) is 0 Å². The van der Waals surface area contributed by atoms with Gasteiger partial charge in [0.25, 0.3) is 0 Å². The van der Waals surface area contributed by atoms with Crippen LogP contribution in [0.25, 0.3) is 11.1 Å². The molecule has 122 valence electrons. The third kappa shape index (κ3) is 3.45. The molecule has 1 aliphatic rings. The van der Waals surface area contributed by atoms with Gasteiger partial charge in [0.05, 0.1) is 5.52 Å². The molecule has 7 nitrogen and oxygen atoms in total. The number of fused-ring (bicyclic) bond motifs is 1. The van der Waals surface area contributed by atoms with Gasteiger partial charge in [-0.15, -0.1) is 0 Å². The maximum absolute atomic E-state index is 11.8. The summed E-state index contributed by atoms with van der Waals surface area (Å²) < 4.78 is 6.63. The number of benzene rings is 1. The normalized spacial score (nSPS) is 20.0. The predicted molar refractivity (Wildman–Crippen MR) is 85.1 cm³/mol. The maximum Gasteiger partial charge on any atom is 0.420 e. The fourth-order valence-corrected chi connectivity index (χ4v) is 2.74. The number of nitrogens with zero attached hydrogens (tertiary/aromatic N) is 1. The van der Waals surface area contributed by atoms with Crippen molar-refractivity contribution in [1.82, 2.24) is 15.2 Å². The second-order valence-electron chi connectivity index (χ2n) is 5.56. The number of nitrogens with one attached hydrogen (secondary N) is 2.